The Morgan fingerprint density at radius 1 is 1.10 bits per heavy atom. The van der Waals surface area contributed by atoms with E-state index >= 15 is 0 Å². The monoisotopic (exact) mass is 451 g/mol. The third-order valence-corrected chi connectivity index (χ3v) is 4.82. The van der Waals surface area contributed by atoms with Crippen molar-refractivity contribution in [3.63, 3.8) is 0 Å². The fourth-order valence-electron chi connectivity index (χ4n) is 1.97. The predicted octanol–water partition coefficient (Wildman–Crippen LogP) is 5.97. The lowest BCUT2D eigenvalue weighted by molar-refractivity contribution is 0.340. The maximum absolute atomic E-state index is 6.35. The lowest BCUT2D eigenvalue weighted by atomic mass is 9.99. The largest absolute Gasteiger partial charge is 0.492 e. The summed E-state index contributed by atoms with van der Waals surface area (Å²) >= 11 is 19.5. The molecule has 0 amide bonds. The van der Waals surface area contributed by atoms with Crippen molar-refractivity contribution < 1.29 is 4.74 Å². The second-order valence-corrected chi connectivity index (χ2v) is 6.97. The molecule has 2 aromatic rings. The van der Waals surface area contributed by atoms with E-state index in [1.165, 1.54) is 0 Å². The molecule has 112 valence electrons. The van der Waals surface area contributed by atoms with Gasteiger partial charge in [0.1, 0.15) is 5.75 Å². The van der Waals surface area contributed by atoms with E-state index < -0.39 is 6.04 Å². The summed E-state index contributed by atoms with van der Waals surface area (Å²) in [6.45, 7) is 2.42. The highest BCUT2D eigenvalue weighted by molar-refractivity contribution is 9.11. The molecule has 2 N–H and O–H groups in total. The number of ether oxygens (including phenoxy) is 1. The molecule has 0 heterocycles. The van der Waals surface area contributed by atoms with Gasteiger partial charge >= 0.3 is 0 Å². The highest BCUT2D eigenvalue weighted by Crippen LogP contribution is 2.37. The Kier molecular flexibility index (Phi) is 5.97. The van der Waals surface area contributed by atoms with Gasteiger partial charge in [0, 0.05) is 20.0 Å². The van der Waals surface area contributed by atoms with Crippen LogP contribution in [0.5, 0.6) is 5.75 Å². The maximum Gasteiger partial charge on any atom is 0.139 e. The molecule has 2 nitrogen and oxygen atoms in total. The van der Waals surface area contributed by atoms with Gasteiger partial charge in [-0.25, -0.2) is 0 Å². The minimum Gasteiger partial charge on any atom is -0.492 e. The maximum atomic E-state index is 6.35. The minimum absolute atomic E-state index is 0.391. The fourth-order valence-corrected chi connectivity index (χ4v) is 3.34. The average molecular weight is 454 g/mol. The van der Waals surface area contributed by atoms with E-state index in [-0.39, 0.29) is 0 Å². The molecule has 0 bridgehead atoms. The Balaban J connectivity index is 2.46. The zero-order chi connectivity index (χ0) is 15.6. The van der Waals surface area contributed by atoms with Gasteiger partial charge in [0.2, 0.25) is 0 Å². The smallest absolute Gasteiger partial charge is 0.139 e. The van der Waals surface area contributed by atoms with Gasteiger partial charge in [-0.15, -0.1) is 0 Å². The molecule has 1 unspecified atom stereocenters. The Labute approximate surface area is 150 Å². The van der Waals surface area contributed by atoms with Crippen LogP contribution in [-0.2, 0) is 0 Å². The lowest BCUT2D eigenvalue weighted by Crippen LogP contribution is -2.13. The van der Waals surface area contributed by atoms with Gasteiger partial charge in [-0.2, -0.15) is 0 Å². The van der Waals surface area contributed by atoms with E-state index in [0.717, 1.165) is 20.1 Å². The van der Waals surface area contributed by atoms with Crippen LogP contribution in [0, 0.1) is 0 Å². The quantitative estimate of drug-likeness (QED) is 0.619. The zero-order valence-corrected chi connectivity index (χ0v) is 15.9. The van der Waals surface area contributed by atoms with E-state index in [0.29, 0.717) is 22.4 Å². The summed E-state index contributed by atoms with van der Waals surface area (Å²) in [5.41, 5.74) is 8.02. The van der Waals surface area contributed by atoms with Crippen molar-refractivity contribution in [2.75, 3.05) is 6.61 Å². The topological polar surface area (TPSA) is 35.2 Å². The highest BCUT2D eigenvalue weighted by atomic mass is 79.9. The highest BCUT2D eigenvalue weighted by Gasteiger charge is 2.18. The summed E-state index contributed by atoms with van der Waals surface area (Å²) in [6.07, 6.45) is 0. The fraction of sp³-hybridized carbons (Fsp3) is 0.200. The summed E-state index contributed by atoms with van der Waals surface area (Å²) in [4.78, 5) is 0. The first-order chi connectivity index (χ1) is 9.93. The SMILES string of the molecule is CCOc1cc(Cl)c(C(N)c2cc(Br)ccc2Br)cc1Cl. The Morgan fingerprint density at radius 3 is 2.48 bits per heavy atom. The van der Waals surface area contributed by atoms with Crippen LogP contribution in [-0.4, -0.2) is 6.61 Å². The van der Waals surface area contributed by atoms with Gasteiger partial charge in [-0.3, -0.25) is 0 Å². The first kappa shape index (κ1) is 17.1. The molecule has 0 fully saturated rings. The molecular formula is C15H13Br2Cl2NO. The molecule has 0 saturated heterocycles. The second-order valence-electron chi connectivity index (χ2n) is 4.38. The molecule has 2 aromatic carbocycles. The van der Waals surface area contributed by atoms with Crippen molar-refractivity contribution in [2.24, 2.45) is 5.73 Å². The van der Waals surface area contributed by atoms with Crippen molar-refractivity contribution in [2.45, 2.75) is 13.0 Å². The average Bonchev–Trinajstić information content (AvgIpc) is 2.44. The third-order valence-electron chi connectivity index (χ3n) is 2.98. The summed E-state index contributed by atoms with van der Waals surface area (Å²) in [5, 5.41) is 1.03. The molecule has 0 aliphatic carbocycles. The molecule has 21 heavy (non-hydrogen) atoms. The van der Waals surface area contributed by atoms with E-state index in [1.54, 1.807) is 12.1 Å². The predicted molar refractivity (Wildman–Crippen MR) is 95.5 cm³/mol. The molecule has 0 aliphatic heterocycles. The number of benzene rings is 2. The first-order valence-electron chi connectivity index (χ1n) is 6.26. The number of hydrogen-bond donors (Lipinski definition) is 1. The van der Waals surface area contributed by atoms with Crippen LogP contribution in [0.15, 0.2) is 39.3 Å². The molecule has 1 atom stereocenters. The molecule has 0 saturated carbocycles. The van der Waals surface area contributed by atoms with Crippen molar-refractivity contribution in [1.82, 2.24) is 0 Å². The van der Waals surface area contributed by atoms with Gasteiger partial charge in [-0.05, 0) is 42.3 Å². The summed E-state index contributed by atoms with van der Waals surface area (Å²) in [5.74, 6) is 0.563. The standard InChI is InChI=1S/C15H13Br2Cl2NO/c1-2-21-14-7-12(18)10(6-13(14)19)15(20)9-5-8(16)3-4-11(9)17/h3-7,15H,2,20H2,1H3. The number of nitrogens with two attached hydrogens (primary N) is 1. The Hall–Kier alpha value is -0.260. The van der Waals surface area contributed by atoms with Crippen molar-refractivity contribution in [3.8, 4) is 5.75 Å². The van der Waals surface area contributed by atoms with Crippen LogP contribution in [0.1, 0.15) is 24.1 Å². The van der Waals surface area contributed by atoms with Gasteiger partial charge in [-0.1, -0.05) is 55.1 Å². The van der Waals surface area contributed by atoms with Crippen LogP contribution in [0.25, 0.3) is 0 Å². The number of hydrogen-bond acceptors (Lipinski definition) is 2. The van der Waals surface area contributed by atoms with Crippen molar-refractivity contribution in [3.05, 3.63) is 60.4 Å². The minimum atomic E-state index is -0.391. The molecule has 0 aliphatic rings. The molecule has 0 spiro atoms. The zero-order valence-electron chi connectivity index (χ0n) is 11.2. The molecule has 0 aromatic heterocycles. The summed E-state index contributed by atoms with van der Waals surface area (Å²) < 4.78 is 7.29. The van der Waals surface area contributed by atoms with Gasteiger partial charge in [0.25, 0.3) is 0 Å². The summed E-state index contributed by atoms with van der Waals surface area (Å²) in [6, 6.07) is 8.89. The third kappa shape index (κ3) is 3.93. The normalized spacial score (nSPS) is 12.3. The Bertz CT molecular complexity index is 664. The van der Waals surface area contributed by atoms with E-state index in [2.05, 4.69) is 31.9 Å². The number of halogens is 4. The molecule has 2 rings (SSSR count). The van der Waals surface area contributed by atoms with Crippen LogP contribution in [0.3, 0.4) is 0 Å². The van der Waals surface area contributed by atoms with Gasteiger partial charge in [0.15, 0.2) is 0 Å². The second kappa shape index (κ2) is 7.34. The van der Waals surface area contributed by atoms with Crippen LogP contribution in [0.4, 0.5) is 0 Å². The number of rotatable bonds is 4. The van der Waals surface area contributed by atoms with Crippen LogP contribution >= 0.6 is 55.1 Å². The Morgan fingerprint density at radius 2 is 1.81 bits per heavy atom. The molecule has 6 heteroatoms. The van der Waals surface area contributed by atoms with Crippen LogP contribution < -0.4 is 10.5 Å². The molecule has 0 radical (unpaired) electrons. The first-order valence-corrected chi connectivity index (χ1v) is 8.60. The van der Waals surface area contributed by atoms with E-state index in [1.807, 2.05) is 25.1 Å². The van der Waals surface area contributed by atoms with Crippen molar-refractivity contribution >= 4 is 55.1 Å². The molecular weight excluding hydrogens is 441 g/mol. The summed E-state index contributed by atoms with van der Waals surface area (Å²) in [7, 11) is 0. The van der Waals surface area contributed by atoms with Gasteiger partial charge in [0.05, 0.1) is 17.7 Å². The van der Waals surface area contributed by atoms with E-state index in [9.17, 15) is 0 Å². The van der Waals surface area contributed by atoms with Gasteiger partial charge < -0.3 is 10.5 Å². The van der Waals surface area contributed by atoms with Crippen LogP contribution in [0.2, 0.25) is 10.0 Å². The lowest BCUT2D eigenvalue weighted by Gasteiger charge is -2.18. The van der Waals surface area contributed by atoms with E-state index in [4.69, 9.17) is 33.7 Å². The van der Waals surface area contributed by atoms with Crippen molar-refractivity contribution in [1.29, 1.82) is 0 Å².